The molecule has 12 rings (SSSR count). The standard InChI is InChI=1S/C15H19ClN4O.C15H20ClN3O2S.C15H19N3O.C14H19N3O2S/c1-17-15(21)10-19-4-6-20(7-5-19)14-9-11(16)8-13-12(14)2-3-18-13;1-11(2)22(20,21)19-7-5-18(6-8-19)15-10-12(16)9-14-13(15)3-4-17-14;1-12(19)17-8-3-9-18(11-10-17)15-5-2-4-14-13(15)6-7-16-14;1-20(18,19)17-9-3-8-16(10-11-17)14-5-2-4-13-12(14)6-7-15-13/h2-3,8-9,18H,4-7,10H2,1H3,(H,17,21);3-4,9-11,17H,5-8H2,1-2H3;2,4-7,16H,3,8-11H2,1H3;2,4-7,15H,3,8-11H2,1H3. The van der Waals surface area contributed by atoms with E-state index in [9.17, 15) is 26.4 Å². The molecule has 82 heavy (non-hydrogen) atoms. The topological polar surface area (TPSA) is 204 Å². The smallest absolute Gasteiger partial charge is 0.233 e. The van der Waals surface area contributed by atoms with Crippen LogP contribution in [0.3, 0.4) is 0 Å². The molecule has 5 N–H and O–H groups in total. The third-order valence-corrected chi connectivity index (χ3v) is 19.8. The van der Waals surface area contributed by atoms with Gasteiger partial charge in [-0.15, -0.1) is 0 Å². The molecule has 0 saturated carbocycles. The van der Waals surface area contributed by atoms with E-state index >= 15 is 0 Å². The predicted molar refractivity (Wildman–Crippen MR) is 336 cm³/mol. The Kier molecular flexibility index (Phi) is 19.7. The highest BCUT2D eigenvalue weighted by Gasteiger charge is 2.30. The summed E-state index contributed by atoms with van der Waals surface area (Å²) in [5.41, 5.74) is 9.02. The van der Waals surface area contributed by atoms with E-state index in [1.165, 1.54) is 45.0 Å². The van der Waals surface area contributed by atoms with E-state index < -0.39 is 20.0 Å². The van der Waals surface area contributed by atoms with Crippen molar-refractivity contribution in [1.29, 1.82) is 0 Å². The molecule has 8 aromatic rings. The van der Waals surface area contributed by atoms with Crippen molar-refractivity contribution in [2.45, 2.75) is 38.9 Å². The fraction of sp³-hybridized carbons (Fsp3) is 0.424. The quantitative estimate of drug-likeness (QED) is 0.0932. The number of anilines is 4. The van der Waals surface area contributed by atoms with Crippen LogP contribution < -0.4 is 24.9 Å². The molecule has 19 nitrogen and oxygen atoms in total. The summed E-state index contributed by atoms with van der Waals surface area (Å²) < 4.78 is 50.9. The van der Waals surface area contributed by atoms with Crippen molar-refractivity contribution in [2.75, 3.05) is 144 Å². The lowest BCUT2D eigenvalue weighted by atomic mass is 10.1. The number of fused-ring (bicyclic) bond motifs is 4. The van der Waals surface area contributed by atoms with Crippen LogP contribution in [0.15, 0.2) is 110 Å². The molecule has 4 aliphatic heterocycles. The zero-order valence-corrected chi connectivity index (χ0v) is 50.6. The fourth-order valence-corrected chi connectivity index (χ4v) is 13.9. The monoisotopic (exact) mass is 1200 g/mol. The molecule has 8 heterocycles. The second kappa shape index (κ2) is 26.8. The Balaban J connectivity index is 0.000000132. The van der Waals surface area contributed by atoms with Crippen molar-refractivity contribution in [3.05, 3.63) is 120 Å². The highest BCUT2D eigenvalue weighted by molar-refractivity contribution is 7.89. The Morgan fingerprint density at radius 3 is 1.38 bits per heavy atom. The van der Waals surface area contributed by atoms with Gasteiger partial charge in [-0.25, -0.2) is 21.1 Å². The van der Waals surface area contributed by atoms with Crippen LogP contribution in [0, 0.1) is 0 Å². The van der Waals surface area contributed by atoms with E-state index in [2.05, 4.69) is 98.3 Å². The molecule has 23 heteroatoms. The van der Waals surface area contributed by atoms with Gasteiger partial charge in [0.25, 0.3) is 0 Å². The van der Waals surface area contributed by atoms with E-state index in [1.807, 2.05) is 66.1 Å². The molecule has 4 fully saturated rings. The van der Waals surface area contributed by atoms with Crippen LogP contribution in [0.5, 0.6) is 0 Å². The van der Waals surface area contributed by atoms with Crippen molar-refractivity contribution in [1.82, 2.24) is 43.7 Å². The molecule has 0 atom stereocenters. The summed E-state index contributed by atoms with van der Waals surface area (Å²) in [7, 11) is -4.58. The zero-order chi connectivity index (χ0) is 58.1. The van der Waals surface area contributed by atoms with Gasteiger partial charge in [-0.2, -0.15) is 4.31 Å². The third-order valence-electron chi connectivity index (χ3n) is 15.8. The molecule has 4 aromatic carbocycles. The Bertz CT molecular complexity index is 3680. The summed E-state index contributed by atoms with van der Waals surface area (Å²) in [6.45, 7) is 17.9. The Morgan fingerprint density at radius 1 is 0.512 bits per heavy atom. The number of likely N-dealkylation sites (N-methyl/N-ethyl adjacent to an activating group) is 1. The first-order valence-corrected chi connectivity index (χ1v) is 32.3. The Morgan fingerprint density at radius 2 is 0.927 bits per heavy atom. The molecule has 2 amide bonds. The molecule has 0 spiro atoms. The summed E-state index contributed by atoms with van der Waals surface area (Å²) in [6, 6.07) is 28.7. The Labute approximate surface area is 491 Å². The van der Waals surface area contributed by atoms with E-state index in [0.29, 0.717) is 50.8 Å². The third kappa shape index (κ3) is 14.5. The molecule has 0 radical (unpaired) electrons. The zero-order valence-electron chi connectivity index (χ0n) is 47.5. The molecular weight excluding hydrogens is 1120 g/mol. The van der Waals surface area contributed by atoms with Crippen LogP contribution >= 0.6 is 23.2 Å². The normalized spacial score (nSPS) is 17.2. The molecule has 4 aliphatic rings. The maximum absolute atomic E-state index is 12.2. The van der Waals surface area contributed by atoms with Crippen molar-refractivity contribution >= 4 is 121 Å². The summed E-state index contributed by atoms with van der Waals surface area (Å²) in [5, 5.41) is 8.49. The number of benzene rings is 4. The lowest BCUT2D eigenvalue weighted by Crippen LogP contribution is -2.50. The van der Waals surface area contributed by atoms with Crippen LogP contribution in [0.2, 0.25) is 10.0 Å². The summed E-state index contributed by atoms with van der Waals surface area (Å²) >= 11 is 12.4. The number of aromatic amines is 4. The minimum Gasteiger partial charge on any atom is -0.370 e. The van der Waals surface area contributed by atoms with Crippen LogP contribution in [0.25, 0.3) is 43.6 Å². The lowest BCUT2D eigenvalue weighted by Gasteiger charge is -2.36. The van der Waals surface area contributed by atoms with Crippen molar-refractivity contribution in [3.8, 4) is 0 Å². The maximum atomic E-state index is 12.2. The van der Waals surface area contributed by atoms with Gasteiger partial charge in [-0.3, -0.25) is 14.5 Å². The molecule has 440 valence electrons. The van der Waals surface area contributed by atoms with Crippen LogP contribution in [-0.4, -0.2) is 197 Å². The number of carbonyl (C=O) groups is 2. The van der Waals surface area contributed by atoms with E-state index in [1.54, 1.807) is 36.4 Å². The number of nitrogens with one attached hydrogen (secondary N) is 5. The lowest BCUT2D eigenvalue weighted by molar-refractivity contribution is -0.128. The number of nitrogens with zero attached hydrogens (tertiary/aromatic N) is 8. The number of H-pyrrole nitrogens is 4. The van der Waals surface area contributed by atoms with Crippen molar-refractivity contribution in [2.24, 2.45) is 0 Å². The van der Waals surface area contributed by atoms with E-state index in [0.717, 1.165) is 111 Å². The summed E-state index contributed by atoms with van der Waals surface area (Å²) in [4.78, 5) is 49.1. The fourth-order valence-electron chi connectivity index (χ4n) is 11.3. The van der Waals surface area contributed by atoms with Gasteiger partial charge in [0.15, 0.2) is 0 Å². The van der Waals surface area contributed by atoms with Crippen molar-refractivity contribution < 1.29 is 26.4 Å². The number of rotatable bonds is 9. The van der Waals surface area contributed by atoms with Gasteiger partial charge in [0.2, 0.25) is 31.9 Å². The number of carbonyl (C=O) groups excluding carboxylic acids is 2. The molecular formula is C59H77Cl2N13O6S2. The average Bonchev–Trinajstić information content (AvgIpc) is 4.39. The predicted octanol–water partition coefficient (Wildman–Crippen LogP) is 8.24. The first kappa shape index (κ1) is 60.1. The second-order valence-electron chi connectivity index (χ2n) is 21.4. The molecule has 0 unspecified atom stereocenters. The number of amides is 2. The molecule has 0 aliphatic carbocycles. The summed E-state index contributed by atoms with van der Waals surface area (Å²) in [5.74, 6) is 0.251. The number of piperazine rings is 2. The number of halogens is 2. The highest BCUT2D eigenvalue weighted by atomic mass is 35.5. The van der Waals surface area contributed by atoms with Crippen LogP contribution in [0.4, 0.5) is 22.7 Å². The van der Waals surface area contributed by atoms with E-state index in [4.69, 9.17) is 23.2 Å². The van der Waals surface area contributed by atoms with E-state index in [-0.39, 0.29) is 17.1 Å². The number of sulfonamides is 2. The SMILES string of the molecule is CC(=O)N1CCCN(c2cccc3[nH]ccc23)CC1.CC(C)S(=O)(=O)N1CCN(c2cc(Cl)cc3[nH]ccc23)CC1.CNC(=O)CN1CCN(c2cc(Cl)cc3[nH]ccc23)CC1.CS(=O)(=O)N1CCCN(c2cccc3[nH]ccc23)CC1. The first-order chi connectivity index (χ1) is 39.4. The summed E-state index contributed by atoms with van der Waals surface area (Å²) in [6.07, 6.45) is 10.9. The highest BCUT2D eigenvalue weighted by Crippen LogP contribution is 2.34. The molecule has 4 aromatic heterocycles. The minimum atomic E-state index is -3.17. The second-order valence-corrected chi connectivity index (χ2v) is 26.8. The van der Waals surface area contributed by atoms with Crippen LogP contribution in [-0.2, 0) is 29.6 Å². The van der Waals surface area contributed by atoms with Gasteiger partial charge in [0.1, 0.15) is 0 Å². The van der Waals surface area contributed by atoms with Gasteiger partial charge >= 0.3 is 0 Å². The first-order valence-electron chi connectivity index (χ1n) is 28.2. The molecule has 0 bridgehead atoms. The average molecular weight is 1200 g/mol. The molecule has 4 saturated heterocycles. The van der Waals surface area contributed by atoms with Gasteiger partial charge in [0.05, 0.1) is 18.1 Å². The number of aromatic nitrogens is 4. The largest absolute Gasteiger partial charge is 0.370 e. The van der Waals surface area contributed by atoms with Gasteiger partial charge in [-0.1, -0.05) is 35.3 Å². The van der Waals surface area contributed by atoms with Crippen molar-refractivity contribution in [3.63, 3.8) is 0 Å². The minimum absolute atomic E-state index is 0.0687. The maximum Gasteiger partial charge on any atom is 0.233 e. The van der Waals surface area contributed by atoms with Gasteiger partial charge in [-0.05, 0) is 99.5 Å². The van der Waals surface area contributed by atoms with Crippen LogP contribution in [0.1, 0.15) is 33.6 Å². The number of hydrogen-bond donors (Lipinski definition) is 5. The van der Waals surface area contributed by atoms with Gasteiger partial charge in [0, 0.05) is 220 Å². The number of hydrogen-bond acceptors (Lipinski definition) is 11. The Hall–Kier alpha value is -6.46. The van der Waals surface area contributed by atoms with Gasteiger partial charge < -0.3 is 49.8 Å².